The Labute approximate surface area is 227 Å². The van der Waals surface area contributed by atoms with E-state index >= 15 is 0 Å². The Kier molecular flexibility index (Phi) is 10.2. The number of anilines is 2. The van der Waals surface area contributed by atoms with Crippen molar-refractivity contribution < 1.29 is 4.74 Å². The summed E-state index contributed by atoms with van der Waals surface area (Å²) >= 11 is 5.64. The third-order valence-corrected chi connectivity index (χ3v) is 7.10. The molecule has 2 unspecified atom stereocenters. The van der Waals surface area contributed by atoms with E-state index < -0.39 is 0 Å². The van der Waals surface area contributed by atoms with Crippen LogP contribution in [0.25, 0.3) is 16.5 Å². The minimum atomic E-state index is 0. The Balaban J connectivity index is 0.00000361. The highest BCUT2D eigenvalue weighted by atomic mass is 35.5. The maximum atomic E-state index is 6.05. The maximum Gasteiger partial charge on any atom is 0.175 e. The summed E-state index contributed by atoms with van der Waals surface area (Å²) < 4.78 is 6.05. The van der Waals surface area contributed by atoms with E-state index in [4.69, 9.17) is 17.0 Å². The number of nitrogens with zero attached hydrogens (tertiary/aromatic N) is 1. The Bertz CT molecular complexity index is 1190. The van der Waals surface area contributed by atoms with Crippen molar-refractivity contribution in [1.82, 2.24) is 9.88 Å². The van der Waals surface area contributed by atoms with Gasteiger partial charge in [0.1, 0.15) is 5.75 Å². The normalized spacial score (nSPS) is 15.5. The van der Waals surface area contributed by atoms with Gasteiger partial charge >= 0.3 is 0 Å². The molecule has 2 heterocycles. The van der Waals surface area contributed by atoms with E-state index in [-0.39, 0.29) is 18.5 Å². The topological polar surface area (TPSA) is 52.3 Å². The third kappa shape index (κ3) is 6.81. The van der Waals surface area contributed by atoms with Crippen LogP contribution in [-0.2, 0) is 0 Å². The molecule has 3 N–H and O–H groups in total. The molecule has 7 heteroatoms. The third-order valence-electron chi connectivity index (χ3n) is 6.89. The lowest BCUT2D eigenvalue weighted by atomic mass is 9.97. The number of ether oxygens (including phenoxy) is 1. The first-order valence-corrected chi connectivity index (χ1v) is 13.3. The van der Waals surface area contributed by atoms with Gasteiger partial charge in [-0.1, -0.05) is 38.5 Å². The molecular weight excluding hydrogens is 488 g/mol. The number of halogens is 1. The second-order valence-electron chi connectivity index (χ2n) is 9.49. The van der Waals surface area contributed by atoms with E-state index in [9.17, 15) is 0 Å². The number of aromatic nitrogens is 1. The molecule has 0 radical (unpaired) electrons. The van der Waals surface area contributed by atoms with E-state index in [1.807, 2.05) is 24.3 Å². The van der Waals surface area contributed by atoms with Crippen molar-refractivity contribution in [3.05, 3.63) is 60.3 Å². The lowest BCUT2D eigenvalue weighted by Crippen LogP contribution is -2.36. The highest BCUT2D eigenvalue weighted by molar-refractivity contribution is 7.80. The number of para-hydroxylation sites is 2. The number of hydrogen-bond acceptors (Lipinski definition) is 3. The van der Waals surface area contributed by atoms with Crippen molar-refractivity contribution in [1.29, 1.82) is 0 Å². The molecule has 0 spiro atoms. The molecule has 1 aromatic heterocycles. The van der Waals surface area contributed by atoms with Gasteiger partial charge in [-0.3, -0.25) is 4.90 Å². The average molecular weight is 527 g/mol. The van der Waals surface area contributed by atoms with Crippen molar-refractivity contribution in [2.75, 3.05) is 23.7 Å². The monoisotopic (exact) mass is 526 g/mol. The minimum Gasteiger partial charge on any atom is -0.489 e. The Hall–Kier alpha value is -2.54. The molecule has 5 nitrogen and oxygen atoms in total. The molecule has 0 saturated heterocycles. The number of H-pyrrole nitrogens is 1. The summed E-state index contributed by atoms with van der Waals surface area (Å²) in [6, 6.07) is 14.9. The maximum absolute atomic E-state index is 6.05. The molecule has 36 heavy (non-hydrogen) atoms. The zero-order chi connectivity index (χ0) is 24.8. The van der Waals surface area contributed by atoms with Crippen LogP contribution in [0.15, 0.2) is 54.7 Å². The molecule has 0 saturated carbocycles. The molecule has 4 rings (SSSR count). The number of benzene rings is 2. The molecule has 0 aliphatic carbocycles. The highest BCUT2D eigenvalue weighted by Gasteiger charge is 2.19. The van der Waals surface area contributed by atoms with Gasteiger partial charge in [0.15, 0.2) is 5.11 Å². The second kappa shape index (κ2) is 13.1. The number of thiocarbonyl (C=S) groups is 1. The predicted octanol–water partition coefficient (Wildman–Crippen LogP) is 7.85. The number of hydrogen-bond donors (Lipinski definition) is 3. The van der Waals surface area contributed by atoms with Gasteiger partial charge in [-0.05, 0) is 81.2 Å². The summed E-state index contributed by atoms with van der Waals surface area (Å²) in [4.78, 5) is 6.03. The first kappa shape index (κ1) is 28.0. The fourth-order valence-electron chi connectivity index (χ4n) is 4.65. The summed E-state index contributed by atoms with van der Waals surface area (Å²) in [7, 11) is 0. The van der Waals surface area contributed by atoms with Gasteiger partial charge in [-0.25, -0.2) is 0 Å². The summed E-state index contributed by atoms with van der Waals surface area (Å²) in [5, 5.41) is 8.42. The van der Waals surface area contributed by atoms with Crippen LogP contribution in [0.4, 0.5) is 11.4 Å². The smallest absolute Gasteiger partial charge is 0.175 e. The van der Waals surface area contributed by atoms with Gasteiger partial charge in [-0.2, -0.15) is 0 Å². The van der Waals surface area contributed by atoms with Crippen molar-refractivity contribution in [3.8, 4) is 5.75 Å². The van der Waals surface area contributed by atoms with Crippen LogP contribution in [0, 0.1) is 0 Å². The van der Waals surface area contributed by atoms with Crippen LogP contribution in [-0.4, -0.2) is 40.2 Å². The predicted molar refractivity (Wildman–Crippen MR) is 161 cm³/mol. The Morgan fingerprint density at radius 1 is 1.14 bits per heavy atom. The van der Waals surface area contributed by atoms with Crippen molar-refractivity contribution in [3.63, 3.8) is 0 Å². The minimum absolute atomic E-state index is 0. The summed E-state index contributed by atoms with van der Waals surface area (Å²) in [5.74, 6) is 0.806. The first-order valence-electron chi connectivity index (χ1n) is 12.9. The summed E-state index contributed by atoms with van der Waals surface area (Å²) in [6.07, 6.45) is 9.20. The SMILES string of the molecule is CCCC(C)N1CC=C(c2c[nH]c3ccc(NC(=S)Nc4ccccc4OC(C)CC)cc23)CC1.Cl. The molecule has 2 aromatic carbocycles. The van der Waals surface area contributed by atoms with Gasteiger partial charge < -0.3 is 20.4 Å². The molecule has 1 aliphatic heterocycles. The zero-order valence-corrected chi connectivity index (χ0v) is 23.4. The lowest BCUT2D eigenvalue weighted by molar-refractivity contribution is 0.218. The molecule has 194 valence electrons. The van der Waals surface area contributed by atoms with Gasteiger partial charge in [-0.15, -0.1) is 12.4 Å². The van der Waals surface area contributed by atoms with Gasteiger partial charge in [0.2, 0.25) is 0 Å². The van der Waals surface area contributed by atoms with Crippen LogP contribution >= 0.6 is 24.6 Å². The van der Waals surface area contributed by atoms with Crippen molar-refractivity contribution >= 4 is 57.6 Å². The zero-order valence-electron chi connectivity index (χ0n) is 21.8. The Morgan fingerprint density at radius 2 is 1.94 bits per heavy atom. The first-order chi connectivity index (χ1) is 17.0. The number of fused-ring (bicyclic) bond motifs is 1. The van der Waals surface area contributed by atoms with Gasteiger partial charge in [0.05, 0.1) is 11.8 Å². The largest absolute Gasteiger partial charge is 0.489 e. The van der Waals surface area contributed by atoms with E-state index in [2.05, 4.69) is 78.7 Å². The van der Waals surface area contributed by atoms with Crippen molar-refractivity contribution in [2.24, 2.45) is 0 Å². The van der Waals surface area contributed by atoms with E-state index in [0.717, 1.165) is 48.6 Å². The molecule has 0 amide bonds. The standard InChI is InChI=1S/C29H38N4OS.ClH/c1-5-9-20(3)33-16-14-22(15-17-33)25-19-30-26-13-12-23(18-24(25)26)31-29(35)32-27-10-7-8-11-28(27)34-21(4)6-2;/h7-8,10-14,18-21,30H,5-6,9,15-17H2,1-4H3,(H2,31,32,35);1H. The van der Waals surface area contributed by atoms with E-state index in [1.165, 1.54) is 29.4 Å². The molecule has 0 bridgehead atoms. The van der Waals surface area contributed by atoms with Crippen LogP contribution in [0.3, 0.4) is 0 Å². The fourth-order valence-corrected chi connectivity index (χ4v) is 4.88. The molecule has 2 atom stereocenters. The number of nitrogens with one attached hydrogen (secondary N) is 3. The second-order valence-corrected chi connectivity index (χ2v) is 9.89. The number of aromatic amines is 1. The quantitative estimate of drug-likeness (QED) is 0.248. The van der Waals surface area contributed by atoms with Crippen LogP contribution in [0.1, 0.15) is 58.9 Å². The Morgan fingerprint density at radius 3 is 2.67 bits per heavy atom. The summed E-state index contributed by atoms with van der Waals surface area (Å²) in [6.45, 7) is 10.9. The van der Waals surface area contributed by atoms with Crippen LogP contribution in [0.5, 0.6) is 5.75 Å². The lowest BCUT2D eigenvalue weighted by Gasteiger charge is -2.31. The number of rotatable bonds is 9. The molecular formula is C29H39ClN4OS. The summed E-state index contributed by atoms with van der Waals surface area (Å²) in [5.41, 5.74) is 5.68. The highest BCUT2D eigenvalue weighted by Crippen LogP contribution is 2.32. The van der Waals surface area contributed by atoms with E-state index in [1.54, 1.807) is 0 Å². The van der Waals surface area contributed by atoms with Gasteiger partial charge in [0.25, 0.3) is 0 Å². The molecule has 1 aliphatic rings. The van der Waals surface area contributed by atoms with Crippen LogP contribution < -0.4 is 15.4 Å². The van der Waals surface area contributed by atoms with Crippen LogP contribution in [0.2, 0.25) is 0 Å². The van der Waals surface area contributed by atoms with Crippen molar-refractivity contribution in [2.45, 2.75) is 65.5 Å². The molecule has 0 fully saturated rings. The fraction of sp³-hybridized carbons (Fsp3) is 0.414. The average Bonchev–Trinajstić information content (AvgIpc) is 3.28. The molecule has 3 aromatic rings. The van der Waals surface area contributed by atoms with E-state index in [0.29, 0.717) is 11.2 Å². The van der Waals surface area contributed by atoms with Gasteiger partial charge in [0, 0.05) is 47.5 Å².